The van der Waals surface area contributed by atoms with E-state index < -0.39 is 10.7 Å². The van der Waals surface area contributed by atoms with Gasteiger partial charge in [-0.3, -0.25) is 9.59 Å². The largest absolute Gasteiger partial charge is 0.348 e. The van der Waals surface area contributed by atoms with Gasteiger partial charge in [-0.15, -0.1) is 23.2 Å². The number of carbonyl (C=O) groups is 1. The summed E-state index contributed by atoms with van der Waals surface area (Å²) in [6.45, 7) is 0.138. The predicted molar refractivity (Wildman–Crippen MR) is 54.9 cm³/mol. The number of alkyl halides is 2. The van der Waals surface area contributed by atoms with Gasteiger partial charge in [0.15, 0.2) is 0 Å². The van der Waals surface area contributed by atoms with Gasteiger partial charge in [0.2, 0.25) is 5.56 Å². The number of amides is 1. The molecule has 0 atom stereocenters. The van der Waals surface area contributed by atoms with Gasteiger partial charge in [-0.05, 0) is 6.07 Å². The van der Waals surface area contributed by atoms with Crippen molar-refractivity contribution in [1.82, 2.24) is 10.3 Å². The number of rotatable bonds is 3. The molecular formula is C8H8Cl2N2O2. The smallest absolute Gasteiger partial charge is 0.267 e. The lowest BCUT2D eigenvalue weighted by Crippen LogP contribution is -2.29. The lowest BCUT2D eigenvalue weighted by atomic mass is 10.3. The van der Waals surface area contributed by atoms with E-state index >= 15 is 0 Å². The number of halogens is 2. The highest BCUT2D eigenvalue weighted by Gasteiger charge is 2.07. The number of H-pyrrole nitrogens is 1. The molecule has 0 saturated heterocycles. The molecule has 0 aliphatic heterocycles. The molecule has 0 saturated carbocycles. The highest BCUT2D eigenvalue weighted by atomic mass is 35.5. The standard InChI is InChI=1S/C8H8Cl2N2O2/c9-6(10)4-11-8(14)5-2-1-3-7(13)12-5/h1-3,6H,4H2,(H,11,14)(H,12,13). The Labute approximate surface area is 90.2 Å². The third-order valence-corrected chi connectivity index (χ3v) is 1.74. The molecule has 1 aromatic rings. The molecule has 2 N–H and O–H groups in total. The number of pyridine rings is 1. The minimum atomic E-state index is -0.658. The molecule has 0 fully saturated rings. The number of nitrogens with one attached hydrogen (secondary N) is 2. The zero-order chi connectivity index (χ0) is 10.6. The maximum Gasteiger partial charge on any atom is 0.267 e. The predicted octanol–water partition coefficient (Wildman–Crippen LogP) is 0.908. The summed E-state index contributed by atoms with van der Waals surface area (Å²) in [4.78, 5) is 23.9. The van der Waals surface area contributed by atoms with Crippen molar-refractivity contribution >= 4 is 29.1 Å². The fraction of sp³-hybridized carbons (Fsp3) is 0.250. The Balaban J connectivity index is 2.65. The number of aromatic amines is 1. The summed E-state index contributed by atoms with van der Waals surface area (Å²) in [6.07, 6.45) is 0. The van der Waals surface area contributed by atoms with Crippen LogP contribution >= 0.6 is 23.2 Å². The molecule has 1 amide bonds. The van der Waals surface area contributed by atoms with Crippen molar-refractivity contribution in [2.24, 2.45) is 0 Å². The van der Waals surface area contributed by atoms with Crippen LogP contribution in [0.1, 0.15) is 10.5 Å². The molecule has 6 heteroatoms. The summed E-state index contributed by atoms with van der Waals surface area (Å²) in [7, 11) is 0. The van der Waals surface area contributed by atoms with Gasteiger partial charge in [0.1, 0.15) is 10.5 Å². The van der Waals surface area contributed by atoms with E-state index in [0.29, 0.717) is 0 Å². The number of aromatic nitrogens is 1. The van der Waals surface area contributed by atoms with Gasteiger partial charge in [0.25, 0.3) is 5.91 Å². The van der Waals surface area contributed by atoms with Crippen molar-refractivity contribution in [2.75, 3.05) is 6.54 Å². The summed E-state index contributed by atoms with van der Waals surface area (Å²) in [5, 5.41) is 2.45. The molecule has 1 aromatic heterocycles. The van der Waals surface area contributed by atoms with Crippen molar-refractivity contribution in [3.05, 3.63) is 34.2 Å². The molecule has 0 radical (unpaired) electrons. The fourth-order valence-electron chi connectivity index (χ4n) is 0.845. The Bertz CT molecular complexity index is 376. The number of hydrogen-bond acceptors (Lipinski definition) is 2. The van der Waals surface area contributed by atoms with Crippen LogP contribution in [0.5, 0.6) is 0 Å². The van der Waals surface area contributed by atoms with E-state index in [0.717, 1.165) is 0 Å². The van der Waals surface area contributed by atoms with Gasteiger partial charge in [0.05, 0.1) is 0 Å². The van der Waals surface area contributed by atoms with E-state index in [-0.39, 0.29) is 17.8 Å². The molecule has 76 valence electrons. The van der Waals surface area contributed by atoms with Crippen LogP contribution in [0.4, 0.5) is 0 Å². The topological polar surface area (TPSA) is 62.0 Å². The molecule has 0 bridgehead atoms. The zero-order valence-corrected chi connectivity index (χ0v) is 8.60. The van der Waals surface area contributed by atoms with Crippen LogP contribution in [0.25, 0.3) is 0 Å². The van der Waals surface area contributed by atoms with Crippen LogP contribution in [0.2, 0.25) is 0 Å². The van der Waals surface area contributed by atoms with Crippen LogP contribution < -0.4 is 10.9 Å². The van der Waals surface area contributed by atoms with E-state index in [1.54, 1.807) is 0 Å². The van der Waals surface area contributed by atoms with Gasteiger partial charge in [-0.25, -0.2) is 0 Å². The molecule has 0 aliphatic rings. The van der Waals surface area contributed by atoms with Gasteiger partial charge in [0, 0.05) is 12.6 Å². The van der Waals surface area contributed by atoms with Crippen LogP contribution in [0.3, 0.4) is 0 Å². The maximum atomic E-state index is 11.3. The van der Waals surface area contributed by atoms with Crippen LogP contribution in [-0.4, -0.2) is 22.3 Å². The molecule has 0 aliphatic carbocycles. The summed E-state index contributed by atoms with van der Waals surface area (Å²) < 4.78 is 0. The monoisotopic (exact) mass is 234 g/mol. The lowest BCUT2D eigenvalue weighted by Gasteiger charge is -2.04. The second kappa shape index (κ2) is 5.02. The Morgan fingerprint density at radius 2 is 2.21 bits per heavy atom. The first-order valence-electron chi connectivity index (χ1n) is 3.85. The van der Waals surface area contributed by atoms with Gasteiger partial charge >= 0.3 is 0 Å². The Morgan fingerprint density at radius 3 is 2.79 bits per heavy atom. The van der Waals surface area contributed by atoms with E-state index in [1.165, 1.54) is 18.2 Å². The van der Waals surface area contributed by atoms with Crippen molar-refractivity contribution in [1.29, 1.82) is 0 Å². The van der Waals surface area contributed by atoms with Gasteiger partial charge in [-0.2, -0.15) is 0 Å². The van der Waals surface area contributed by atoms with Crippen molar-refractivity contribution in [3.63, 3.8) is 0 Å². The zero-order valence-electron chi connectivity index (χ0n) is 7.09. The average molecular weight is 235 g/mol. The molecule has 0 aromatic carbocycles. The summed E-state index contributed by atoms with van der Waals surface area (Å²) in [6, 6.07) is 4.31. The quantitative estimate of drug-likeness (QED) is 0.765. The van der Waals surface area contributed by atoms with Crippen LogP contribution in [0.15, 0.2) is 23.0 Å². The SMILES string of the molecule is O=C(NCC(Cl)Cl)c1cccc(=O)[nH]1. The second-order valence-corrected chi connectivity index (χ2v) is 3.81. The van der Waals surface area contributed by atoms with Gasteiger partial charge in [-0.1, -0.05) is 6.07 Å². The Kier molecular flexibility index (Phi) is 3.98. The number of hydrogen-bond donors (Lipinski definition) is 2. The Morgan fingerprint density at radius 1 is 1.50 bits per heavy atom. The van der Waals surface area contributed by atoms with Crippen LogP contribution in [-0.2, 0) is 0 Å². The molecule has 0 unspecified atom stereocenters. The third kappa shape index (κ3) is 3.40. The molecule has 4 nitrogen and oxygen atoms in total. The summed E-state index contributed by atoms with van der Waals surface area (Å²) in [5.41, 5.74) is -0.141. The first-order chi connectivity index (χ1) is 6.59. The first-order valence-corrected chi connectivity index (χ1v) is 4.72. The van der Waals surface area contributed by atoms with Crippen molar-refractivity contribution < 1.29 is 4.79 Å². The van der Waals surface area contributed by atoms with Gasteiger partial charge < -0.3 is 10.3 Å². The van der Waals surface area contributed by atoms with E-state index in [9.17, 15) is 9.59 Å². The van der Waals surface area contributed by atoms with Crippen molar-refractivity contribution in [2.45, 2.75) is 4.84 Å². The van der Waals surface area contributed by atoms with Crippen molar-refractivity contribution in [3.8, 4) is 0 Å². The minimum Gasteiger partial charge on any atom is -0.348 e. The fourth-order valence-corrected chi connectivity index (χ4v) is 1.000. The molecule has 1 heterocycles. The third-order valence-electron chi connectivity index (χ3n) is 1.43. The summed E-state index contributed by atoms with van der Waals surface area (Å²) in [5.74, 6) is -0.408. The molecule has 14 heavy (non-hydrogen) atoms. The lowest BCUT2D eigenvalue weighted by molar-refractivity contribution is 0.0950. The molecule has 1 rings (SSSR count). The normalized spacial score (nSPS) is 10.2. The summed E-state index contributed by atoms with van der Waals surface area (Å²) >= 11 is 10.8. The Hall–Kier alpha value is -1.00. The van der Waals surface area contributed by atoms with Crippen LogP contribution in [0, 0.1) is 0 Å². The minimum absolute atomic E-state index is 0.138. The molecular weight excluding hydrogens is 227 g/mol. The van der Waals surface area contributed by atoms with E-state index in [2.05, 4.69) is 10.3 Å². The maximum absolute atomic E-state index is 11.3. The average Bonchev–Trinajstić information content (AvgIpc) is 2.14. The first kappa shape index (κ1) is 11.1. The highest BCUT2D eigenvalue weighted by molar-refractivity contribution is 6.44. The number of carbonyl (C=O) groups excluding carboxylic acids is 1. The highest BCUT2D eigenvalue weighted by Crippen LogP contribution is 1.99. The van der Waals surface area contributed by atoms with E-state index in [1.807, 2.05) is 0 Å². The second-order valence-electron chi connectivity index (χ2n) is 2.53. The molecule has 0 spiro atoms. The van der Waals surface area contributed by atoms with E-state index in [4.69, 9.17) is 23.2 Å².